The summed E-state index contributed by atoms with van der Waals surface area (Å²) in [6, 6.07) is 16.8. The van der Waals surface area contributed by atoms with Crippen molar-refractivity contribution in [2.75, 3.05) is 37.6 Å². The van der Waals surface area contributed by atoms with Crippen LogP contribution in [0.2, 0.25) is 0 Å². The zero-order chi connectivity index (χ0) is 21.2. The van der Waals surface area contributed by atoms with E-state index in [1.54, 1.807) is 12.1 Å². The first-order valence-electron chi connectivity index (χ1n) is 10.5. The van der Waals surface area contributed by atoms with Crippen LogP contribution in [0.15, 0.2) is 59.6 Å². The zero-order valence-corrected chi connectivity index (χ0v) is 17.4. The molecule has 1 saturated heterocycles. The molecular weight excluding hydrogens is 381 g/mol. The van der Waals surface area contributed by atoms with E-state index in [-0.39, 0.29) is 18.1 Å². The quantitative estimate of drug-likeness (QED) is 0.354. The van der Waals surface area contributed by atoms with Gasteiger partial charge in [0.15, 0.2) is 5.96 Å². The Morgan fingerprint density at radius 1 is 1.17 bits per heavy atom. The molecule has 7 heteroatoms. The number of guanidine groups is 1. The lowest BCUT2D eigenvalue weighted by atomic mass is 10.1. The average molecular weight is 412 g/mol. The monoisotopic (exact) mass is 411 g/mol. The number of aliphatic imine (C=N–C) groups is 1. The maximum absolute atomic E-state index is 13.2. The van der Waals surface area contributed by atoms with Gasteiger partial charge in [0.05, 0.1) is 13.0 Å². The molecule has 1 atom stereocenters. The Kier molecular flexibility index (Phi) is 8.06. The Morgan fingerprint density at radius 2 is 2.00 bits per heavy atom. The number of hydrogen-bond donors (Lipinski definition) is 3. The number of benzene rings is 2. The molecule has 1 aliphatic rings. The third-order valence-corrected chi connectivity index (χ3v) is 4.95. The van der Waals surface area contributed by atoms with Gasteiger partial charge in [-0.15, -0.1) is 0 Å². The predicted molar refractivity (Wildman–Crippen MR) is 119 cm³/mol. The number of carbonyl (C=O) groups is 1. The Morgan fingerprint density at radius 3 is 2.77 bits per heavy atom. The molecule has 0 aromatic heterocycles. The molecule has 1 unspecified atom stereocenters. The number of para-hydroxylation sites is 1. The fraction of sp³-hybridized carbons (Fsp3) is 0.391. The molecule has 0 bridgehead atoms. The molecule has 6 nitrogen and oxygen atoms in total. The van der Waals surface area contributed by atoms with E-state index in [9.17, 15) is 9.18 Å². The maximum atomic E-state index is 13.2. The third kappa shape index (κ3) is 6.76. The number of halogens is 1. The molecule has 2 aromatic rings. The van der Waals surface area contributed by atoms with Gasteiger partial charge in [-0.05, 0) is 43.2 Å². The molecule has 3 N–H and O–H groups in total. The molecule has 0 radical (unpaired) electrons. The first-order chi connectivity index (χ1) is 14.6. The van der Waals surface area contributed by atoms with Crippen molar-refractivity contribution in [3.8, 4) is 0 Å². The van der Waals surface area contributed by atoms with Crippen molar-refractivity contribution >= 4 is 17.6 Å². The number of hydrogen-bond acceptors (Lipinski definition) is 3. The van der Waals surface area contributed by atoms with Crippen LogP contribution >= 0.6 is 0 Å². The lowest BCUT2D eigenvalue weighted by molar-refractivity contribution is -0.120. The van der Waals surface area contributed by atoms with Crippen molar-refractivity contribution in [2.24, 2.45) is 4.99 Å². The summed E-state index contributed by atoms with van der Waals surface area (Å²) in [5, 5.41) is 9.60. The number of anilines is 1. The minimum absolute atomic E-state index is 0.136. The lowest BCUT2D eigenvalue weighted by Gasteiger charge is -2.20. The highest BCUT2D eigenvalue weighted by molar-refractivity contribution is 5.80. The normalized spacial score (nSPS) is 16.4. The summed E-state index contributed by atoms with van der Waals surface area (Å²) in [5.41, 5.74) is 1.90. The van der Waals surface area contributed by atoms with Gasteiger partial charge < -0.3 is 20.9 Å². The van der Waals surface area contributed by atoms with Crippen LogP contribution in [0, 0.1) is 5.82 Å². The molecule has 2 aromatic carbocycles. The van der Waals surface area contributed by atoms with Crippen molar-refractivity contribution in [1.29, 1.82) is 0 Å². The highest BCUT2D eigenvalue weighted by Crippen LogP contribution is 2.19. The minimum atomic E-state index is -0.330. The van der Waals surface area contributed by atoms with Gasteiger partial charge in [0.1, 0.15) is 5.82 Å². The number of nitrogens with one attached hydrogen (secondary N) is 3. The molecule has 1 amide bonds. The summed E-state index contributed by atoms with van der Waals surface area (Å²) in [4.78, 5) is 19.0. The van der Waals surface area contributed by atoms with Crippen molar-refractivity contribution in [1.82, 2.24) is 16.0 Å². The molecule has 1 heterocycles. The summed E-state index contributed by atoms with van der Waals surface area (Å²) < 4.78 is 13.2. The van der Waals surface area contributed by atoms with Crippen LogP contribution in [0.1, 0.15) is 18.9 Å². The standard InChI is InChI=1S/C23H30FN5O/c1-2-25-23(28-20-11-14-29(17-20)21-9-4-3-5-10-21)27-13-12-26-22(30)16-18-7-6-8-19(24)15-18/h3-10,15,20H,2,11-14,16-17H2,1H3,(H,26,30)(H2,25,27,28). The van der Waals surface area contributed by atoms with Gasteiger partial charge in [0, 0.05) is 37.9 Å². The van der Waals surface area contributed by atoms with E-state index in [4.69, 9.17) is 0 Å². The molecule has 160 valence electrons. The smallest absolute Gasteiger partial charge is 0.224 e. The van der Waals surface area contributed by atoms with Crippen LogP contribution in [0.5, 0.6) is 0 Å². The largest absolute Gasteiger partial charge is 0.369 e. The molecule has 1 fully saturated rings. The second-order valence-corrected chi connectivity index (χ2v) is 7.33. The first kappa shape index (κ1) is 21.6. The van der Waals surface area contributed by atoms with Crippen molar-refractivity contribution in [3.05, 3.63) is 66.0 Å². The van der Waals surface area contributed by atoms with Gasteiger partial charge in [0.25, 0.3) is 0 Å². The average Bonchev–Trinajstić information content (AvgIpc) is 3.20. The van der Waals surface area contributed by atoms with Gasteiger partial charge in [-0.1, -0.05) is 30.3 Å². The van der Waals surface area contributed by atoms with Crippen LogP contribution in [0.4, 0.5) is 10.1 Å². The predicted octanol–water partition coefficient (Wildman–Crippen LogP) is 2.32. The van der Waals surface area contributed by atoms with Gasteiger partial charge in [-0.25, -0.2) is 4.39 Å². The lowest BCUT2D eigenvalue weighted by Crippen LogP contribution is -2.45. The van der Waals surface area contributed by atoms with E-state index >= 15 is 0 Å². The van der Waals surface area contributed by atoms with E-state index in [2.05, 4.69) is 50.1 Å². The summed E-state index contributed by atoms with van der Waals surface area (Å²) >= 11 is 0. The topological polar surface area (TPSA) is 68.8 Å². The molecule has 3 rings (SSSR count). The van der Waals surface area contributed by atoms with Crippen LogP contribution in [0.25, 0.3) is 0 Å². The second-order valence-electron chi connectivity index (χ2n) is 7.33. The van der Waals surface area contributed by atoms with Crippen molar-refractivity contribution in [3.63, 3.8) is 0 Å². The summed E-state index contributed by atoms with van der Waals surface area (Å²) in [7, 11) is 0. The maximum Gasteiger partial charge on any atom is 0.224 e. The van der Waals surface area contributed by atoms with E-state index in [1.807, 2.05) is 13.0 Å². The summed E-state index contributed by atoms with van der Waals surface area (Å²) in [6.45, 7) is 5.65. The highest BCUT2D eigenvalue weighted by Gasteiger charge is 2.23. The zero-order valence-electron chi connectivity index (χ0n) is 17.4. The molecule has 0 aliphatic carbocycles. The van der Waals surface area contributed by atoms with Gasteiger partial charge in [-0.2, -0.15) is 0 Å². The third-order valence-electron chi connectivity index (χ3n) is 4.95. The SMILES string of the molecule is CCNC(=NCCNC(=O)Cc1cccc(F)c1)NC1CCN(c2ccccc2)C1. The number of nitrogens with zero attached hydrogens (tertiary/aromatic N) is 2. The first-order valence-corrected chi connectivity index (χ1v) is 10.5. The Labute approximate surface area is 177 Å². The fourth-order valence-electron chi connectivity index (χ4n) is 3.52. The Balaban J connectivity index is 1.42. The summed E-state index contributed by atoms with van der Waals surface area (Å²) in [6.07, 6.45) is 1.21. The van der Waals surface area contributed by atoms with Gasteiger partial charge >= 0.3 is 0 Å². The van der Waals surface area contributed by atoms with E-state index in [0.717, 1.165) is 32.0 Å². The van der Waals surface area contributed by atoms with Crippen LogP contribution in [0.3, 0.4) is 0 Å². The highest BCUT2D eigenvalue weighted by atomic mass is 19.1. The van der Waals surface area contributed by atoms with E-state index in [0.29, 0.717) is 24.7 Å². The van der Waals surface area contributed by atoms with Gasteiger partial charge in [-0.3, -0.25) is 9.79 Å². The molecule has 1 aliphatic heterocycles. The molecule has 30 heavy (non-hydrogen) atoms. The van der Waals surface area contributed by atoms with E-state index in [1.165, 1.54) is 17.8 Å². The number of carbonyl (C=O) groups excluding carboxylic acids is 1. The molecule has 0 spiro atoms. The molecule has 0 saturated carbocycles. The minimum Gasteiger partial charge on any atom is -0.369 e. The second kappa shape index (κ2) is 11.2. The fourth-order valence-corrected chi connectivity index (χ4v) is 3.52. The van der Waals surface area contributed by atoms with Crippen molar-refractivity contribution < 1.29 is 9.18 Å². The Bertz CT molecular complexity index is 842. The number of amides is 1. The van der Waals surface area contributed by atoms with Crippen LogP contribution in [-0.4, -0.2) is 50.6 Å². The number of rotatable bonds is 8. The Hall–Kier alpha value is -3.09. The van der Waals surface area contributed by atoms with E-state index < -0.39 is 0 Å². The van der Waals surface area contributed by atoms with Gasteiger partial charge in [0.2, 0.25) is 5.91 Å². The van der Waals surface area contributed by atoms with Crippen LogP contribution in [-0.2, 0) is 11.2 Å². The summed E-state index contributed by atoms with van der Waals surface area (Å²) in [5.74, 6) is 0.295. The molecular formula is C23H30FN5O. The van der Waals surface area contributed by atoms with Crippen molar-refractivity contribution in [2.45, 2.75) is 25.8 Å². The van der Waals surface area contributed by atoms with Crippen LogP contribution < -0.4 is 20.9 Å².